The number of rotatable bonds is 7. The average molecular weight is 234 g/mol. The van der Waals surface area contributed by atoms with Gasteiger partial charge in [-0.3, -0.25) is 9.69 Å². The first kappa shape index (κ1) is 13.7. The zero-order chi connectivity index (χ0) is 12.7. The quantitative estimate of drug-likeness (QED) is 0.582. The standard InChI is InChI=1S/C14H22N2O/c1-3-8-16(9-4-2)11-14(17)12-6-5-7-13(15)10-12/h5-7,10H,3-4,8-9,11,15H2,1-2H3. The summed E-state index contributed by atoms with van der Waals surface area (Å²) in [5, 5.41) is 0. The third-order valence-corrected chi connectivity index (χ3v) is 2.66. The van der Waals surface area contributed by atoms with Crippen LogP contribution in [0.3, 0.4) is 0 Å². The zero-order valence-electron chi connectivity index (χ0n) is 10.8. The smallest absolute Gasteiger partial charge is 0.176 e. The van der Waals surface area contributed by atoms with Crippen molar-refractivity contribution in [3.8, 4) is 0 Å². The van der Waals surface area contributed by atoms with Gasteiger partial charge in [-0.25, -0.2) is 0 Å². The Morgan fingerprint density at radius 3 is 2.41 bits per heavy atom. The van der Waals surface area contributed by atoms with Gasteiger partial charge in [0.15, 0.2) is 5.78 Å². The van der Waals surface area contributed by atoms with E-state index in [1.165, 1.54) is 0 Å². The molecule has 0 fully saturated rings. The van der Waals surface area contributed by atoms with Crippen molar-refractivity contribution in [2.75, 3.05) is 25.4 Å². The van der Waals surface area contributed by atoms with Crippen molar-refractivity contribution >= 4 is 11.5 Å². The number of benzene rings is 1. The van der Waals surface area contributed by atoms with E-state index < -0.39 is 0 Å². The zero-order valence-corrected chi connectivity index (χ0v) is 10.8. The summed E-state index contributed by atoms with van der Waals surface area (Å²) in [6.45, 7) is 6.70. The Hall–Kier alpha value is -1.35. The molecule has 0 aliphatic rings. The highest BCUT2D eigenvalue weighted by atomic mass is 16.1. The molecule has 0 amide bonds. The minimum atomic E-state index is 0.152. The van der Waals surface area contributed by atoms with E-state index >= 15 is 0 Å². The number of anilines is 1. The fraction of sp³-hybridized carbons (Fsp3) is 0.500. The molecule has 1 aromatic carbocycles. The van der Waals surface area contributed by atoms with Gasteiger partial charge in [-0.15, -0.1) is 0 Å². The minimum absolute atomic E-state index is 0.152. The van der Waals surface area contributed by atoms with Crippen LogP contribution < -0.4 is 5.73 Å². The summed E-state index contributed by atoms with van der Waals surface area (Å²) in [5.74, 6) is 0.152. The van der Waals surface area contributed by atoms with Crippen LogP contribution in [-0.4, -0.2) is 30.3 Å². The molecule has 0 atom stereocenters. The number of carbonyl (C=O) groups is 1. The Balaban J connectivity index is 2.63. The predicted octanol–water partition coefficient (Wildman–Crippen LogP) is 2.57. The van der Waals surface area contributed by atoms with E-state index in [4.69, 9.17) is 5.73 Å². The van der Waals surface area contributed by atoms with Crippen LogP contribution in [0.15, 0.2) is 24.3 Å². The highest BCUT2D eigenvalue weighted by Gasteiger charge is 2.11. The second kappa shape index (κ2) is 7.07. The Kier molecular flexibility index (Phi) is 5.70. The van der Waals surface area contributed by atoms with Gasteiger partial charge in [0.25, 0.3) is 0 Å². The molecule has 1 aromatic rings. The van der Waals surface area contributed by atoms with Gasteiger partial charge in [-0.2, -0.15) is 0 Å². The number of hydrogen-bond donors (Lipinski definition) is 1. The number of hydrogen-bond acceptors (Lipinski definition) is 3. The van der Waals surface area contributed by atoms with Crippen LogP contribution in [0.4, 0.5) is 5.69 Å². The Labute approximate surface area is 104 Å². The molecule has 3 heteroatoms. The lowest BCUT2D eigenvalue weighted by Crippen LogP contribution is -2.31. The van der Waals surface area contributed by atoms with Crippen LogP contribution in [0, 0.1) is 0 Å². The Bertz CT molecular complexity index is 357. The van der Waals surface area contributed by atoms with Crippen molar-refractivity contribution in [2.24, 2.45) is 0 Å². The van der Waals surface area contributed by atoms with Gasteiger partial charge >= 0.3 is 0 Å². The maximum absolute atomic E-state index is 12.1. The molecule has 0 aliphatic heterocycles. The van der Waals surface area contributed by atoms with Gasteiger partial charge in [-0.05, 0) is 38.1 Å². The van der Waals surface area contributed by atoms with Crippen LogP contribution in [0.25, 0.3) is 0 Å². The SMILES string of the molecule is CCCN(CCC)CC(=O)c1cccc(N)c1. The average Bonchev–Trinajstić information content (AvgIpc) is 2.29. The van der Waals surface area contributed by atoms with Crippen LogP contribution >= 0.6 is 0 Å². The summed E-state index contributed by atoms with van der Waals surface area (Å²) in [6, 6.07) is 7.20. The molecule has 0 saturated heterocycles. The lowest BCUT2D eigenvalue weighted by molar-refractivity contribution is 0.0930. The topological polar surface area (TPSA) is 46.3 Å². The van der Waals surface area contributed by atoms with E-state index in [2.05, 4.69) is 18.7 Å². The van der Waals surface area contributed by atoms with Gasteiger partial charge in [0.05, 0.1) is 6.54 Å². The van der Waals surface area contributed by atoms with Crippen LogP contribution in [0.2, 0.25) is 0 Å². The molecule has 0 bridgehead atoms. The number of carbonyl (C=O) groups excluding carboxylic acids is 1. The number of nitrogens with zero attached hydrogens (tertiary/aromatic N) is 1. The van der Waals surface area contributed by atoms with E-state index in [9.17, 15) is 4.79 Å². The maximum Gasteiger partial charge on any atom is 0.176 e. The molecule has 0 spiro atoms. The van der Waals surface area contributed by atoms with Gasteiger partial charge in [0.2, 0.25) is 0 Å². The summed E-state index contributed by atoms with van der Waals surface area (Å²) in [4.78, 5) is 14.3. The van der Waals surface area contributed by atoms with Gasteiger partial charge in [-0.1, -0.05) is 26.0 Å². The van der Waals surface area contributed by atoms with Crippen molar-refractivity contribution in [1.29, 1.82) is 0 Å². The molecule has 3 nitrogen and oxygen atoms in total. The normalized spacial score (nSPS) is 10.8. The predicted molar refractivity (Wildman–Crippen MR) is 72.2 cm³/mol. The van der Waals surface area contributed by atoms with Crippen molar-refractivity contribution < 1.29 is 4.79 Å². The first-order valence-electron chi connectivity index (χ1n) is 6.28. The van der Waals surface area contributed by atoms with Gasteiger partial charge < -0.3 is 5.73 Å². The first-order chi connectivity index (χ1) is 8.17. The lowest BCUT2D eigenvalue weighted by Gasteiger charge is -2.19. The Morgan fingerprint density at radius 2 is 1.88 bits per heavy atom. The summed E-state index contributed by atoms with van der Waals surface area (Å²) in [7, 11) is 0. The second-order valence-electron chi connectivity index (χ2n) is 4.32. The molecule has 0 saturated carbocycles. The van der Waals surface area contributed by atoms with Crippen LogP contribution in [0.5, 0.6) is 0 Å². The van der Waals surface area contributed by atoms with Crippen LogP contribution in [-0.2, 0) is 0 Å². The number of nitrogens with two attached hydrogens (primary N) is 1. The third kappa shape index (κ3) is 4.57. The number of ketones is 1. The third-order valence-electron chi connectivity index (χ3n) is 2.66. The maximum atomic E-state index is 12.1. The molecule has 94 valence electrons. The van der Waals surface area contributed by atoms with Crippen molar-refractivity contribution in [3.05, 3.63) is 29.8 Å². The summed E-state index contributed by atoms with van der Waals surface area (Å²) >= 11 is 0. The molecular formula is C14H22N2O. The minimum Gasteiger partial charge on any atom is -0.399 e. The monoisotopic (exact) mass is 234 g/mol. The van der Waals surface area contributed by atoms with Crippen LogP contribution in [0.1, 0.15) is 37.0 Å². The van der Waals surface area contributed by atoms with E-state index in [1.807, 2.05) is 12.1 Å². The van der Waals surface area contributed by atoms with Gasteiger partial charge in [0.1, 0.15) is 0 Å². The fourth-order valence-corrected chi connectivity index (χ4v) is 1.91. The summed E-state index contributed by atoms with van der Waals surface area (Å²) < 4.78 is 0. The van der Waals surface area contributed by atoms with Crippen molar-refractivity contribution in [2.45, 2.75) is 26.7 Å². The highest BCUT2D eigenvalue weighted by molar-refractivity contribution is 5.98. The van der Waals surface area contributed by atoms with Crippen molar-refractivity contribution in [3.63, 3.8) is 0 Å². The van der Waals surface area contributed by atoms with Gasteiger partial charge in [0, 0.05) is 11.3 Å². The molecule has 0 heterocycles. The first-order valence-corrected chi connectivity index (χ1v) is 6.28. The molecule has 1 rings (SSSR count). The fourth-order valence-electron chi connectivity index (χ4n) is 1.91. The van der Waals surface area contributed by atoms with E-state index in [0.717, 1.165) is 25.9 Å². The highest BCUT2D eigenvalue weighted by Crippen LogP contribution is 2.08. The number of Topliss-reactive ketones (excluding diaryl/α,β-unsaturated/α-hetero) is 1. The second-order valence-corrected chi connectivity index (χ2v) is 4.32. The molecule has 17 heavy (non-hydrogen) atoms. The largest absolute Gasteiger partial charge is 0.399 e. The molecule has 0 aromatic heterocycles. The van der Waals surface area contributed by atoms with E-state index in [0.29, 0.717) is 17.8 Å². The Morgan fingerprint density at radius 1 is 1.24 bits per heavy atom. The molecule has 2 N–H and O–H groups in total. The van der Waals surface area contributed by atoms with E-state index in [1.54, 1.807) is 12.1 Å². The molecule has 0 radical (unpaired) electrons. The van der Waals surface area contributed by atoms with Crippen molar-refractivity contribution in [1.82, 2.24) is 4.90 Å². The molecular weight excluding hydrogens is 212 g/mol. The number of nitrogen functional groups attached to an aromatic ring is 1. The summed E-state index contributed by atoms with van der Waals surface area (Å²) in [5.41, 5.74) is 7.04. The van der Waals surface area contributed by atoms with E-state index in [-0.39, 0.29) is 5.78 Å². The molecule has 0 aliphatic carbocycles. The lowest BCUT2D eigenvalue weighted by atomic mass is 10.1. The summed E-state index contributed by atoms with van der Waals surface area (Å²) in [6.07, 6.45) is 2.15. The molecule has 0 unspecified atom stereocenters.